The van der Waals surface area contributed by atoms with E-state index in [1.54, 1.807) is 12.4 Å². The Morgan fingerprint density at radius 1 is 1.28 bits per heavy atom. The molecule has 2 atom stereocenters. The van der Waals surface area contributed by atoms with E-state index in [0.717, 1.165) is 64.3 Å². The highest BCUT2D eigenvalue weighted by Crippen LogP contribution is 2.15. The number of hydrogen-bond acceptors (Lipinski definition) is 6. The quantitative estimate of drug-likeness (QED) is 0.594. The molecule has 7 heteroatoms. The van der Waals surface area contributed by atoms with Gasteiger partial charge in [0.15, 0.2) is 0 Å². The molecule has 1 aromatic rings. The lowest BCUT2D eigenvalue weighted by molar-refractivity contribution is -0.147. The highest BCUT2D eigenvalue weighted by molar-refractivity contribution is 5.80. The van der Waals surface area contributed by atoms with Gasteiger partial charge in [-0.3, -0.25) is 14.7 Å². The molecule has 0 radical (unpaired) electrons. The fourth-order valence-corrected chi connectivity index (χ4v) is 3.80. The normalized spacial score (nSPS) is 21.6. The van der Waals surface area contributed by atoms with Crippen LogP contribution in [0, 0.1) is 0 Å². The Kier molecular flexibility index (Phi) is 9.34. The fraction of sp³-hybridized carbons (Fsp3) is 0.727. The number of carbonyl (C=O) groups excluding carboxylic acids is 1. The van der Waals surface area contributed by atoms with Gasteiger partial charge in [0.05, 0.1) is 25.9 Å². The van der Waals surface area contributed by atoms with Gasteiger partial charge in [-0.05, 0) is 50.3 Å². The number of rotatable bonds is 10. The molecule has 2 unspecified atom stereocenters. The average Bonchev–Trinajstić information content (AvgIpc) is 2.78. The lowest BCUT2D eigenvalue weighted by atomic mass is 10.1. The van der Waals surface area contributed by atoms with Crippen LogP contribution >= 0.6 is 0 Å². The molecule has 2 aliphatic rings. The second-order valence-electron chi connectivity index (χ2n) is 7.89. The Balaban J connectivity index is 1.51. The predicted octanol–water partition coefficient (Wildman–Crippen LogP) is 2.11. The molecule has 2 fully saturated rings. The van der Waals surface area contributed by atoms with Gasteiger partial charge in [0.25, 0.3) is 5.91 Å². The molecular weight excluding hydrogens is 370 g/mol. The van der Waals surface area contributed by atoms with E-state index in [1.165, 1.54) is 6.42 Å². The topological polar surface area (TPSA) is 64.1 Å². The zero-order valence-corrected chi connectivity index (χ0v) is 17.6. The van der Waals surface area contributed by atoms with E-state index < -0.39 is 6.10 Å². The van der Waals surface area contributed by atoms with Gasteiger partial charge in [0.1, 0.15) is 6.10 Å². The molecule has 2 saturated heterocycles. The zero-order chi connectivity index (χ0) is 20.3. The van der Waals surface area contributed by atoms with Crippen LogP contribution in [0.2, 0.25) is 0 Å². The summed E-state index contributed by atoms with van der Waals surface area (Å²) in [5, 5.41) is 0. The van der Waals surface area contributed by atoms with Crippen LogP contribution in [-0.2, 0) is 25.5 Å². The second-order valence-corrected chi connectivity index (χ2v) is 7.89. The first-order chi connectivity index (χ1) is 14.2. The summed E-state index contributed by atoms with van der Waals surface area (Å²) in [6.07, 6.45) is 7.44. The lowest BCUT2D eigenvalue weighted by Crippen LogP contribution is -2.42. The fourth-order valence-electron chi connectivity index (χ4n) is 3.80. The summed E-state index contributed by atoms with van der Waals surface area (Å²) >= 11 is 0. The Morgan fingerprint density at radius 3 is 2.79 bits per heavy atom. The van der Waals surface area contributed by atoms with Crippen molar-refractivity contribution in [2.24, 2.45) is 0 Å². The van der Waals surface area contributed by atoms with Crippen LogP contribution in [0.3, 0.4) is 0 Å². The smallest absolute Gasteiger partial charge is 0.251 e. The number of nitrogens with zero attached hydrogens (tertiary/aromatic N) is 3. The highest BCUT2D eigenvalue weighted by atomic mass is 16.5. The van der Waals surface area contributed by atoms with Crippen molar-refractivity contribution in [1.82, 2.24) is 14.8 Å². The van der Waals surface area contributed by atoms with Gasteiger partial charge >= 0.3 is 0 Å². The van der Waals surface area contributed by atoms with E-state index in [4.69, 9.17) is 14.2 Å². The van der Waals surface area contributed by atoms with E-state index in [0.29, 0.717) is 19.7 Å². The van der Waals surface area contributed by atoms with E-state index in [1.807, 2.05) is 24.0 Å². The minimum Gasteiger partial charge on any atom is -0.379 e. The summed E-state index contributed by atoms with van der Waals surface area (Å²) in [6.45, 7) is 8.96. The molecular formula is C22H35N3O4. The molecule has 0 aliphatic carbocycles. The van der Waals surface area contributed by atoms with Crippen molar-refractivity contribution in [3.63, 3.8) is 0 Å². The molecule has 29 heavy (non-hydrogen) atoms. The number of carbonyl (C=O) groups is 1. The average molecular weight is 406 g/mol. The number of ether oxygens (including phenoxy) is 3. The molecule has 7 nitrogen and oxygen atoms in total. The summed E-state index contributed by atoms with van der Waals surface area (Å²) in [5.74, 6) is 0.0413. The van der Waals surface area contributed by atoms with Crippen molar-refractivity contribution >= 4 is 5.91 Å². The van der Waals surface area contributed by atoms with E-state index in [9.17, 15) is 4.79 Å². The van der Waals surface area contributed by atoms with Gasteiger partial charge in [0.2, 0.25) is 0 Å². The second kappa shape index (κ2) is 12.2. The third kappa shape index (κ3) is 7.66. The number of hydrogen-bond donors (Lipinski definition) is 0. The maximum Gasteiger partial charge on any atom is 0.251 e. The van der Waals surface area contributed by atoms with E-state index >= 15 is 0 Å². The van der Waals surface area contributed by atoms with Crippen molar-refractivity contribution in [3.05, 3.63) is 30.1 Å². The van der Waals surface area contributed by atoms with Crippen LogP contribution in [0.25, 0.3) is 0 Å². The molecule has 3 rings (SSSR count). The summed E-state index contributed by atoms with van der Waals surface area (Å²) in [7, 11) is 0. The van der Waals surface area contributed by atoms with Crippen molar-refractivity contribution in [2.45, 2.75) is 51.4 Å². The summed E-state index contributed by atoms with van der Waals surface area (Å²) in [6, 6.07) is 3.92. The number of pyridine rings is 1. The molecule has 0 aromatic carbocycles. The van der Waals surface area contributed by atoms with Crippen LogP contribution in [0.5, 0.6) is 0 Å². The summed E-state index contributed by atoms with van der Waals surface area (Å²) in [4.78, 5) is 21.5. The van der Waals surface area contributed by atoms with Crippen LogP contribution in [0.15, 0.2) is 24.5 Å². The SMILES string of the molecule is CC(OCC1CCCCO1)C(=O)N(CCCN1CCOCC1)Cc1ccncc1. The van der Waals surface area contributed by atoms with Gasteiger partial charge in [0, 0.05) is 51.7 Å². The largest absolute Gasteiger partial charge is 0.379 e. The highest BCUT2D eigenvalue weighted by Gasteiger charge is 2.24. The van der Waals surface area contributed by atoms with Gasteiger partial charge in [-0.15, -0.1) is 0 Å². The Morgan fingerprint density at radius 2 is 2.07 bits per heavy atom. The van der Waals surface area contributed by atoms with Gasteiger partial charge in [-0.2, -0.15) is 0 Å². The summed E-state index contributed by atoms with van der Waals surface area (Å²) < 4.78 is 17.0. The van der Waals surface area contributed by atoms with Gasteiger partial charge in [-0.25, -0.2) is 0 Å². The first kappa shape index (κ1) is 22.2. The first-order valence-electron chi connectivity index (χ1n) is 10.9. The number of aromatic nitrogens is 1. The Labute approximate surface area is 174 Å². The number of amides is 1. The van der Waals surface area contributed by atoms with Crippen molar-refractivity contribution in [1.29, 1.82) is 0 Å². The Hall–Kier alpha value is -1.54. The minimum absolute atomic E-state index is 0.0413. The van der Waals surface area contributed by atoms with E-state index in [2.05, 4.69) is 9.88 Å². The third-order valence-corrected chi connectivity index (χ3v) is 5.59. The standard InChI is InChI=1S/C22H35N3O4/c1-19(29-18-21-5-2-3-14-28-21)22(26)25(17-20-6-8-23-9-7-20)11-4-10-24-12-15-27-16-13-24/h6-9,19,21H,2-5,10-18H2,1H3. The van der Waals surface area contributed by atoms with Crippen molar-refractivity contribution in [2.75, 3.05) is 52.6 Å². The maximum absolute atomic E-state index is 13.1. The van der Waals surface area contributed by atoms with Crippen molar-refractivity contribution in [3.8, 4) is 0 Å². The Bertz CT molecular complexity index is 589. The molecule has 1 amide bonds. The molecule has 1 aromatic heterocycles. The van der Waals surface area contributed by atoms with Crippen LogP contribution in [0.4, 0.5) is 0 Å². The monoisotopic (exact) mass is 405 g/mol. The third-order valence-electron chi connectivity index (χ3n) is 5.59. The molecule has 0 saturated carbocycles. The van der Waals surface area contributed by atoms with Gasteiger partial charge in [-0.1, -0.05) is 0 Å². The maximum atomic E-state index is 13.1. The number of morpholine rings is 1. The van der Waals surface area contributed by atoms with Crippen molar-refractivity contribution < 1.29 is 19.0 Å². The van der Waals surface area contributed by atoms with E-state index in [-0.39, 0.29) is 12.0 Å². The van der Waals surface area contributed by atoms with Gasteiger partial charge < -0.3 is 19.1 Å². The molecule has 0 bridgehead atoms. The zero-order valence-electron chi connectivity index (χ0n) is 17.6. The van der Waals surface area contributed by atoms with Crippen LogP contribution < -0.4 is 0 Å². The minimum atomic E-state index is -0.467. The first-order valence-corrected chi connectivity index (χ1v) is 10.9. The molecule has 3 heterocycles. The molecule has 0 N–H and O–H groups in total. The lowest BCUT2D eigenvalue weighted by Gasteiger charge is -2.30. The molecule has 2 aliphatic heterocycles. The molecule has 0 spiro atoms. The predicted molar refractivity (Wildman–Crippen MR) is 111 cm³/mol. The molecule has 162 valence electrons. The van der Waals surface area contributed by atoms with Crippen LogP contribution in [0.1, 0.15) is 38.2 Å². The summed E-state index contributed by atoms with van der Waals surface area (Å²) in [5.41, 5.74) is 1.09. The van der Waals surface area contributed by atoms with Crippen LogP contribution in [-0.4, -0.2) is 85.5 Å².